The molecule has 10 nitrogen and oxygen atoms in total. The molecular formula is C32H39F3N6O4. The number of ether oxygens (including phenoxy) is 2. The largest absolute Gasteiger partial charge is 0.497 e. The molecular weight excluding hydrogens is 589 g/mol. The number of hydrogen-bond acceptors (Lipinski definition) is 8. The molecule has 1 aliphatic heterocycles. The minimum absolute atomic E-state index is 0.0159. The van der Waals surface area contributed by atoms with E-state index in [4.69, 9.17) is 14.5 Å². The number of methoxy groups -OCH3 is 1. The van der Waals surface area contributed by atoms with Crippen molar-refractivity contribution in [1.29, 1.82) is 0 Å². The van der Waals surface area contributed by atoms with Gasteiger partial charge in [-0.3, -0.25) is 9.59 Å². The quantitative estimate of drug-likeness (QED) is 0.329. The lowest BCUT2D eigenvalue weighted by Crippen LogP contribution is -2.55. The third kappa shape index (κ3) is 7.83. The molecule has 3 heterocycles. The summed E-state index contributed by atoms with van der Waals surface area (Å²) < 4.78 is 52.4. The molecule has 1 saturated heterocycles. The molecule has 13 heteroatoms. The number of hydrogen-bond donors (Lipinski definition) is 1. The zero-order valence-corrected chi connectivity index (χ0v) is 26.1. The lowest BCUT2D eigenvalue weighted by Gasteiger charge is -2.43. The van der Waals surface area contributed by atoms with E-state index in [0.29, 0.717) is 48.9 Å². The zero-order valence-electron chi connectivity index (χ0n) is 26.1. The number of amides is 2. The first-order valence-corrected chi connectivity index (χ1v) is 14.8. The van der Waals surface area contributed by atoms with Crippen LogP contribution in [0.1, 0.15) is 46.7 Å². The minimum atomic E-state index is -4.73. The number of halogens is 3. The number of anilines is 1. The molecule has 45 heavy (non-hydrogen) atoms. The molecule has 4 rings (SSSR count). The smallest absolute Gasteiger partial charge is 0.417 e. The van der Waals surface area contributed by atoms with Crippen molar-refractivity contribution in [3.8, 4) is 22.9 Å². The third-order valence-corrected chi connectivity index (χ3v) is 7.57. The monoisotopic (exact) mass is 628 g/mol. The van der Waals surface area contributed by atoms with Crippen molar-refractivity contribution >= 4 is 17.5 Å². The SMILES string of the molecule is CCOc1ncccc1-c1ccc(N2CCN(C(=O)c3ccc(OC)cc3C(F)(F)F)C[C@H]2CC)c(C(=O)NCCN(C)C)n1. The van der Waals surface area contributed by atoms with E-state index in [1.54, 1.807) is 18.3 Å². The van der Waals surface area contributed by atoms with Crippen LogP contribution in [-0.2, 0) is 6.18 Å². The van der Waals surface area contributed by atoms with E-state index in [9.17, 15) is 22.8 Å². The number of carbonyl (C=O) groups is 2. The average Bonchev–Trinajstić information content (AvgIpc) is 3.03. The molecule has 1 fully saturated rings. The maximum atomic E-state index is 13.9. The predicted molar refractivity (Wildman–Crippen MR) is 165 cm³/mol. The standard InChI is InChI=1S/C32H39F3N6O4/c1-6-21-20-40(31(43)23-11-10-22(44-5)19-25(23)32(33,34)35)17-18-41(21)27-13-12-26(24-9-8-14-37-30(24)45-7-2)38-28(27)29(42)36-15-16-39(3)4/h8-14,19,21H,6-7,15-18,20H2,1-5H3,(H,36,42)/t21-/m1/s1. The Kier molecular flexibility index (Phi) is 10.9. The molecule has 0 bridgehead atoms. The Hall–Kier alpha value is -4.39. The van der Waals surface area contributed by atoms with Crippen molar-refractivity contribution in [3.63, 3.8) is 0 Å². The summed E-state index contributed by atoms with van der Waals surface area (Å²) in [6, 6.07) is 10.3. The summed E-state index contributed by atoms with van der Waals surface area (Å²) >= 11 is 0. The van der Waals surface area contributed by atoms with Crippen LogP contribution >= 0.6 is 0 Å². The second kappa shape index (κ2) is 14.6. The molecule has 0 radical (unpaired) electrons. The van der Waals surface area contributed by atoms with Gasteiger partial charge in [0.15, 0.2) is 5.69 Å². The fourth-order valence-electron chi connectivity index (χ4n) is 5.26. The van der Waals surface area contributed by atoms with E-state index in [-0.39, 0.29) is 43.0 Å². The highest BCUT2D eigenvalue weighted by molar-refractivity contribution is 5.99. The summed E-state index contributed by atoms with van der Waals surface area (Å²) in [5, 5.41) is 2.94. The maximum Gasteiger partial charge on any atom is 0.417 e. The second-order valence-corrected chi connectivity index (χ2v) is 10.8. The van der Waals surface area contributed by atoms with Crippen molar-refractivity contribution in [2.45, 2.75) is 32.5 Å². The summed E-state index contributed by atoms with van der Waals surface area (Å²) in [6.07, 6.45) is -2.54. The van der Waals surface area contributed by atoms with E-state index in [0.717, 1.165) is 12.1 Å². The van der Waals surface area contributed by atoms with Gasteiger partial charge in [0, 0.05) is 45.0 Å². The lowest BCUT2D eigenvalue weighted by molar-refractivity contribution is -0.138. The highest BCUT2D eigenvalue weighted by atomic mass is 19.4. The molecule has 0 aliphatic carbocycles. The van der Waals surface area contributed by atoms with Crippen molar-refractivity contribution < 1.29 is 32.2 Å². The number of alkyl halides is 3. The molecule has 242 valence electrons. The molecule has 1 atom stereocenters. The average molecular weight is 629 g/mol. The van der Waals surface area contributed by atoms with Gasteiger partial charge in [0.05, 0.1) is 41.8 Å². The normalized spacial score (nSPS) is 15.3. The van der Waals surface area contributed by atoms with Crippen molar-refractivity contribution in [1.82, 2.24) is 25.1 Å². The van der Waals surface area contributed by atoms with E-state index < -0.39 is 23.2 Å². The second-order valence-electron chi connectivity index (χ2n) is 10.8. The van der Waals surface area contributed by atoms with E-state index in [1.807, 2.05) is 49.9 Å². The number of benzene rings is 1. The van der Waals surface area contributed by atoms with Crippen LogP contribution in [0.4, 0.5) is 18.9 Å². The first-order chi connectivity index (χ1) is 21.5. The van der Waals surface area contributed by atoms with Crippen LogP contribution in [0.25, 0.3) is 11.3 Å². The van der Waals surface area contributed by atoms with Gasteiger partial charge in [0.1, 0.15) is 5.75 Å². The number of piperazine rings is 1. The van der Waals surface area contributed by atoms with Gasteiger partial charge in [-0.2, -0.15) is 13.2 Å². The summed E-state index contributed by atoms with van der Waals surface area (Å²) in [4.78, 5) is 41.5. The predicted octanol–water partition coefficient (Wildman–Crippen LogP) is 4.60. The summed E-state index contributed by atoms with van der Waals surface area (Å²) in [7, 11) is 5.09. The fraction of sp³-hybridized carbons (Fsp3) is 0.438. The van der Waals surface area contributed by atoms with Crippen LogP contribution < -0.4 is 19.7 Å². The fourth-order valence-corrected chi connectivity index (χ4v) is 5.26. The Balaban J connectivity index is 1.67. The van der Waals surface area contributed by atoms with Gasteiger partial charge in [0.2, 0.25) is 5.88 Å². The van der Waals surface area contributed by atoms with Crippen LogP contribution in [0.5, 0.6) is 11.6 Å². The van der Waals surface area contributed by atoms with Crippen molar-refractivity contribution in [2.75, 3.05) is 65.4 Å². The van der Waals surface area contributed by atoms with Crippen LogP contribution in [-0.4, -0.2) is 98.2 Å². The molecule has 2 amide bonds. The summed E-state index contributed by atoms with van der Waals surface area (Å²) in [6.45, 7) is 5.83. The Morgan fingerprint density at radius 3 is 2.56 bits per heavy atom. The number of rotatable bonds is 11. The molecule has 3 aromatic rings. The highest BCUT2D eigenvalue weighted by Gasteiger charge is 2.38. The topological polar surface area (TPSA) is 100 Å². The van der Waals surface area contributed by atoms with Gasteiger partial charge >= 0.3 is 6.18 Å². The Morgan fingerprint density at radius 2 is 1.89 bits per heavy atom. The van der Waals surface area contributed by atoms with Crippen molar-refractivity contribution in [2.24, 2.45) is 0 Å². The van der Waals surface area contributed by atoms with Crippen LogP contribution in [0.15, 0.2) is 48.7 Å². The molecule has 0 spiro atoms. The molecule has 1 aromatic carbocycles. The van der Waals surface area contributed by atoms with Crippen LogP contribution in [0, 0.1) is 0 Å². The highest BCUT2D eigenvalue weighted by Crippen LogP contribution is 2.36. The van der Waals surface area contributed by atoms with Crippen molar-refractivity contribution in [3.05, 3.63) is 65.5 Å². The molecule has 1 N–H and O–H groups in total. The number of nitrogens with one attached hydrogen (secondary N) is 1. The van der Waals surface area contributed by atoms with E-state index in [2.05, 4.69) is 10.3 Å². The Bertz CT molecular complexity index is 1500. The Labute approximate surface area is 261 Å². The van der Waals surface area contributed by atoms with Gasteiger partial charge in [-0.1, -0.05) is 6.92 Å². The number of nitrogens with zero attached hydrogens (tertiary/aromatic N) is 5. The number of pyridine rings is 2. The van der Waals surface area contributed by atoms with E-state index in [1.165, 1.54) is 18.1 Å². The van der Waals surface area contributed by atoms with Gasteiger partial charge in [0.25, 0.3) is 11.8 Å². The summed E-state index contributed by atoms with van der Waals surface area (Å²) in [5.74, 6) is -0.660. The molecule has 2 aromatic heterocycles. The number of carbonyl (C=O) groups excluding carboxylic acids is 2. The molecule has 0 saturated carbocycles. The summed E-state index contributed by atoms with van der Waals surface area (Å²) in [5.41, 5.74) is 0.443. The van der Waals surface area contributed by atoms with Crippen LogP contribution in [0.2, 0.25) is 0 Å². The molecule has 1 aliphatic rings. The first kappa shape index (κ1) is 33.5. The minimum Gasteiger partial charge on any atom is -0.497 e. The van der Waals surface area contributed by atoms with Gasteiger partial charge < -0.3 is 29.5 Å². The van der Waals surface area contributed by atoms with Gasteiger partial charge in [-0.05, 0) is 69.9 Å². The first-order valence-electron chi connectivity index (χ1n) is 14.8. The third-order valence-electron chi connectivity index (χ3n) is 7.57. The zero-order chi connectivity index (χ0) is 32.7. The molecule has 0 unspecified atom stereocenters. The van der Waals surface area contributed by atoms with Gasteiger partial charge in [-0.25, -0.2) is 9.97 Å². The number of aromatic nitrogens is 2. The van der Waals surface area contributed by atoms with E-state index >= 15 is 0 Å². The number of likely N-dealkylation sites (N-methyl/N-ethyl adjacent to an activating group) is 1. The maximum absolute atomic E-state index is 13.9. The van der Waals surface area contributed by atoms with Crippen LogP contribution in [0.3, 0.4) is 0 Å². The van der Waals surface area contributed by atoms with Gasteiger partial charge in [-0.15, -0.1) is 0 Å². The Morgan fingerprint density at radius 1 is 1.11 bits per heavy atom. The lowest BCUT2D eigenvalue weighted by atomic mass is 10.0.